The molecule has 6 fully saturated rings. The van der Waals surface area contributed by atoms with E-state index >= 15 is 0 Å². The van der Waals surface area contributed by atoms with Crippen molar-refractivity contribution in [1.29, 1.82) is 0 Å². The van der Waals surface area contributed by atoms with Crippen molar-refractivity contribution in [3.63, 3.8) is 0 Å². The summed E-state index contributed by atoms with van der Waals surface area (Å²) in [5.41, 5.74) is -0.195. The van der Waals surface area contributed by atoms with E-state index in [9.17, 15) is 9.59 Å². The standard InChI is InChI=1S/C25H22I2O5S/c26-18-8-21(31-15-1-3-16(33)4-2-15)19(27)7-20(18)30-11-14(28)6-17-12-5-13-10-25(9-12)22(13)23(17)32-24(25)29/h1-4,7-8,12-13,17,22-23,33H,5-6,9-11H2. The van der Waals surface area contributed by atoms with Crippen LogP contribution < -0.4 is 9.47 Å². The summed E-state index contributed by atoms with van der Waals surface area (Å²) >= 11 is 8.71. The zero-order valence-electron chi connectivity index (χ0n) is 17.6. The lowest BCUT2D eigenvalue weighted by atomic mass is 9.38. The molecule has 1 aliphatic heterocycles. The molecular formula is C25H22I2O5S. The third-order valence-electron chi connectivity index (χ3n) is 7.94. The molecule has 6 unspecified atom stereocenters. The van der Waals surface area contributed by atoms with E-state index < -0.39 is 0 Å². The highest BCUT2D eigenvalue weighted by molar-refractivity contribution is 14.1. The topological polar surface area (TPSA) is 61.8 Å². The third kappa shape index (κ3) is 3.69. The van der Waals surface area contributed by atoms with Crippen LogP contribution in [0.5, 0.6) is 17.2 Å². The largest absolute Gasteiger partial charge is 0.485 e. The van der Waals surface area contributed by atoms with Crippen molar-refractivity contribution in [1.82, 2.24) is 0 Å². The molecule has 8 heteroatoms. The number of esters is 1. The molecule has 0 N–H and O–H groups in total. The monoisotopic (exact) mass is 688 g/mol. The smallest absolute Gasteiger partial charge is 0.312 e. The maximum atomic E-state index is 12.8. The lowest BCUT2D eigenvalue weighted by Crippen LogP contribution is -2.63. The fraction of sp³-hybridized carbons (Fsp3) is 0.440. The molecule has 8 rings (SSSR count). The minimum absolute atomic E-state index is 0.00218. The molecule has 0 amide bonds. The zero-order chi connectivity index (χ0) is 22.9. The van der Waals surface area contributed by atoms with Crippen molar-refractivity contribution in [2.24, 2.45) is 29.1 Å². The average molecular weight is 688 g/mol. The van der Waals surface area contributed by atoms with Gasteiger partial charge in [-0.15, -0.1) is 12.6 Å². The Morgan fingerprint density at radius 2 is 1.79 bits per heavy atom. The van der Waals surface area contributed by atoms with Crippen molar-refractivity contribution < 1.29 is 23.8 Å². The number of Topliss-reactive ketones (excluding diaryl/α,β-unsaturated/α-hetero) is 1. The van der Waals surface area contributed by atoms with Crippen LogP contribution in [0.2, 0.25) is 0 Å². The summed E-state index contributed by atoms with van der Waals surface area (Å²) in [6, 6.07) is 11.3. The molecule has 5 saturated carbocycles. The highest BCUT2D eigenvalue weighted by atomic mass is 127. The Labute approximate surface area is 225 Å². The first-order chi connectivity index (χ1) is 15.8. The quantitative estimate of drug-likeness (QED) is 0.223. The van der Waals surface area contributed by atoms with E-state index in [1.807, 2.05) is 36.4 Å². The van der Waals surface area contributed by atoms with Crippen LogP contribution in [0.4, 0.5) is 0 Å². The van der Waals surface area contributed by atoms with E-state index in [0.29, 0.717) is 29.9 Å². The third-order valence-corrected chi connectivity index (χ3v) is 9.92. The Morgan fingerprint density at radius 1 is 1.09 bits per heavy atom. The first-order valence-electron chi connectivity index (χ1n) is 11.2. The van der Waals surface area contributed by atoms with E-state index in [2.05, 4.69) is 57.8 Å². The number of carbonyl (C=O) groups is 2. The fourth-order valence-corrected chi connectivity index (χ4v) is 7.95. The van der Waals surface area contributed by atoms with Crippen molar-refractivity contribution >= 4 is 69.6 Å². The highest BCUT2D eigenvalue weighted by Crippen LogP contribution is 2.73. The fourth-order valence-electron chi connectivity index (χ4n) is 6.66. The second kappa shape index (κ2) is 8.29. The minimum Gasteiger partial charge on any atom is -0.485 e. The van der Waals surface area contributed by atoms with Gasteiger partial charge in [-0.3, -0.25) is 9.59 Å². The summed E-state index contributed by atoms with van der Waals surface area (Å²) in [5.74, 6) is 3.77. The predicted molar refractivity (Wildman–Crippen MR) is 141 cm³/mol. The zero-order valence-corrected chi connectivity index (χ0v) is 22.8. The van der Waals surface area contributed by atoms with Crippen LogP contribution in [-0.2, 0) is 14.3 Å². The van der Waals surface area contributed by atoms with Gasteiger partial charge in [-0.1, -0.05) is 0 Å². The van der Waals surface area contributed by atoms with Gasteiger partial charge in [0.05, 0.1) is 12.6 Å². The molecule has 5 aliphatic carbocycles. The molecule has 1 heterocycles. The lowest BCUT2D eigenvalue weighted by molar-refractivity contribution is -0.173. The van der Waals surface area contributed by atoms with Crippen molar-refractivity contribution in [2.45, 2.75) is 36.7 Å². The van der Waals surface area contributed by atoms with Gasteiger partial charge >= 0.3 is 5.97 Å². The van der Waals surface area contributed by atoms with Crippen LogP contribution >= 0.6 is 57.8 Å². The van der Waals surface area contributed by atoms with E-state index in [1.54, 1.807) is 0 Å². The van der Waals surface area contributed by atoms with Gasteiger partial charge in [-0.2, -0.15) is 0 Å². The van der Waals surface area contributed by atoms with Gasteiger partial charge in [0.15, 0.2) is 5.78 Å². The minimum atomic E-state index is -0.195. The van der Waals surface area contributed by atoms with Crippen molar-refractivity contribution in [3.05, 3.63) is 43.5 Å². The van der Waals surface area contributed by atoms with Gasteiger partial charge in [0.25, 0.3) is 0 Å². The molecule has 6 aliphatic rings. The number of ether oxygens (including phenoxy) is 3. The molecule has 5 nitrogen and oxygen atoms in total. The number of benzene rings is 2. The number of carbonyl (C=O) groups excluding carboxylic acids is 2. The normalized spacial score (nSPS) is 32.8. The maximum absolute atomic E-state index is 12.8. The van der Waals surface area contributed by atoms with Crippen LogP contribution in [0.3, 0.4) is 0 Å². The molecule has 0 radical (unpaired) electrons. The molecule has 5 bridgehead atoms. The number of hydrogen-bond acceptors (Lipinski definition) is 6. The van der Waals surface area contributed by atoms with Crippen molar-refractivity contribution in [3.8, 4) is 17.2 Å². The SMILES string of the molecule is O=C(COc1cc(I)c(Oc2ccc(S)cc2)cc1I)CC1C2CC3CC4(C2)C(=O)OC1C34. The average Bonchev–Trinajstić information content (AvgIpc) is 2.97. The van der Waals surface area contributed by atoms with Gasteiger partial charge in [-0.05, 0) is 113 Å². The summed E-state index contributed by atoms with van der Waals surface area (Å²) < 4.78 is 19.5. The number of thiol groups is 1. The first-order valence-corrected chi connectivity index (χ1v) is 13.8. The summed E-state index contributed by atoms with van der Waals surface area (Å²) in [5, 5.41) is 0. The molecule has 2 aromatic carbocycles. The Bertz CT molecular complexity index is 1150. The number of rotatable bonds is 7. The number of halogens is 2. The summed E-state index contributed by atoms with van der Waals surface area (Å²) in [7, 11) is 0. The van der Waals surface area contributed by atoms with Crippen molar-refractivity contribution in [2.75, 3.05) is 6.61 Å². The molecule has 2 aromatic rings. The summed E-state index contributed by atoms with van der Waals surface area (Å²) in [6.07, 6.45) is 3.44. The maximum Gasteiger partial charge on any atom is 0.312 e. The lowest BCUT2D eigenvalue weighted by Gasteiger charge is -2.62. The molecule has 172 valence electrons. The van der Waals surface area contributed by atoms with E-state index in [-0.39, 0.29) is 35.8 Å². The van der Waals surface area contributed by atoms with Crippen LogP contribution in [0, 0.1) is 36.2 Å². The van der Waals surface area contributed by atoms with E-state index in [1.165, 1.54) is 0 Å². The van der Waals surface area contributed by atoms with Gasteiger partial charge < -0.3 is 14.2 Å². The van der Waals surface area contributed by atoms with Gasteiger partial charge in [-0.25, -0.2) is 0 Å². The highest BCUT2D eigenvalue weighted by Gasteiger charge is 2.76. The summed E-state index contributed by atoms with van der Waals surface area (Å²) in [6.45, 7) is 0.0266. The number of hydrogen-bond donors (Lipinski definition) is 1. The second-order valence-electron chi connectivity index (χ2n) is 9.72. The second-order valence-corrected chi connectivity index (χ2v) is 12.6. The molecule has 6 atom stereocenters. The van der Waals surface area contributed by atoms with Crippen LogP contribution in [0.1, 0.15) is 25.7 Å². The Kier molecular flexibility index (Phi) is 5.64. The number of ketones is 1. The summed E-state index contributed by atoms with van der Waals surface area (Å²) in [4.78, 5) is 26.1. The molecule has 0 aromatic heterocycles. The molecule has 1 spiro atoms. The van der Waals surface area contributed by atoms with Gasteiger partial charge in [0.1, 0.15) is 30.0 Å². The van der Waals surface area contributed by atoms with Crippen LogP contribution in [-0.4, -0.2) is 24.5 Å². The molecule has 1 saturated heterocycles. The van der Waals surface area contributed by atoms with E-state index in [0.717, 1.165) is 42.8 Å². The van der Waals surface area contributed by atoms with Crippen LogP contribution in [0.15, 0.2) is 41.3 Å². The first kappa shape index (κ1) is 22.5. The Morgan fingerprint density at radius 3 is 2.58 bits per heavy atom. The van der Waals surface area contributed by atoms with Crippen LogP contribution in [0.25, 0.3) is 0 Å². The van der Waals surface area contributed by atoms with Gasteiger partial charge in [0, 0.05) is 23.2 Å². The Hall–Kier alpha value is -1.01. The predicted octanol–water partition coefficient (Wildman–Crippen LogP) is 5.90. The molecular weight excluding hydrogens is 666 g/mol. The van der Waals surface area contributed by atoms with Gasteiger partial charge in [0.2, 0.25) is 0 Å². The Balaban J connectivity index is 1.09. The van der Waals surface area contributed by atoms with E-state index in [4.69, 9.17) is 14.2 Å². The molecule has 33 heavy (non-hydrogen) atoms.